The SMILES string of the molecule is COc1ccc(NC(=O)C(c2ccccc2O)N(C(=O)C(CC(N)=O)NC(=O)OC(C)(C)C)C(C)(C)C)cc1. The fraction of sp³-hybridized carbons (Fsp3) is 0.429. The Hall–Kier alpha value is -4.28. The molecule has 2 aromatic carbocycles. The van der Waals surface area contributed by atoms with Gasteiger partial charge < -0.3 is 35.8 Å². The molecule has 2 aromatic rings. The van der Waals surface area contributed by atoms with E-state index < -0.39 is 53.5 Å². The van der Waals surface area contributed by atoms with E-state index in [2.05, 4.69) is 10.6 Å². The number of nitrogens with two attached hydrogens (primary N) is 1. The van der Waals surface area contributed by atoms with Gasteiger partial charge in [0.2, 0.25) is 11.8 Å². The largest absolute Gasteiger partial charge is 0.508 e. The number of nitrogens with one attached hydrogen (secondary N) is 2. The van der Waals surface area contributed by atoms with Crippen molar-refractivity contribution in [1.82, 2.24) is 10.2 Å². The molecule has 2 rings (SSSR count). The predicted molar refractivity (Wildman–Crippen MR) is 146 cm³/mol. The number of carbonyl (C=O) groups is 4. The molecule has 39 heavy (non-hydrogen) atoms. The van der Waals surface area contributed by atoms with Crippen molar-refractivity contribution in [2.75, 3.05) is 12.4 Å². The van der Waals surface area contributed by atoms with E-state index in [0.717, 1.165) is 0 Å². The molecule has 0 aliphatic carbocycles. The van der Waals surface area contributed by atoms with Crippen molar-refractivity contribution < 1.29 is 33.8 Å². The van der Waals surface area contributed by atoms with E-state index in [-0.39, 0.29) is 11.3 Å². The van der Waals surface area contributed by atoms with E-state index in [1.165, 1.54) is 24.1 Å². The molecule has 11 heteroatoms. The molecule has 0 fully saturated rings. The molecular weight excluding hydrogens is 504 g/mol. The molecule has 2 atom stereocenters. The van der Waals surface area contributed by atoms with Gasteiger partial charge in [0.1, 0.15) is 29.2 Å². The number of hydrogen-bond donors (Lipinski definition) is 4. The Kier molecular flexibility index (Phi) is 9.92. The molecule has 0 aliphatic heterocycles. The number of nitrogens with zero attached hydrogens (tertiary/aromatic N) is 1. The van der Waals surface area contributed by atoms with Crippen LogP contribution in [0.1, 0.15) is 59.6 Å². The summed E-state index contributed by atoms with van der Waals surface area (Å²) in [4.78, 5) is 53.6. The summed E-state index contributed by atoms with van der Waals surface area (Å²) in [6.45, 7) is 10.0. The van der Waals surface area contributed by atoms with E-state index in [4.69, 9.17) is 15.2 Å². The van der Waals surface area contributed by atoms with Crippen LogP contribution in [0.5, 0.6) is 11.5 Å². The third-order valence-electron chi connectivity index (χ3n) is 5.45. The molecule has 0 aromatic heterocycles. The molecule has 5 N–H and O–H groups in total. The Morgan fingerprint density at radius 3 is 2.05 bits per heavy atom. The Morgan fingerprint density at radius 1 is 0.974 bits per heavy atom. The first-order valence-corrected chi connectivity index (χ1v) is 12.4. The van der Waals surface area contributed by atoms with Gasteiger partial charge in [0.15, 0.2) is 0 Å². The summed E-state index contributed by atoms with van der Waals surface area (Å²) in [5.41, 5.74) is 4.06. The van der Waals surface area contributed by atoms with Crippen molar-refractivity contribution in [3.8, 4) is 11.5 Å². The predicted octanol–water partition coefficient (Wildman–Crippen LogP) is 3.48. The number of aromatic hydroxyl groups is 1. The second-order valence-corrected chi connectivity index (χ2v) is 10.9. The molecule has 4 amide bonds. The van der Waals surface area contributed by atoms with Crippen LogP contribution in [0.25, 0.3) is 0 Å². The highest BCUT2D eigenvalue weighted by Gasteiger charge is 2.43. The van der Waals surface area contributed by atoms with Gasteiger partial charge in [-0.05, 0) is 71.9 Å². The van der Waals surface area contributed by atoms with Crippen molar-refractivity contribution in [3.05, 3.63) is 54.1 Å². The van der Waals surface area contributed by atoms with Crippen molar-refractivity contribution in [2.24, 2.45) is 5.73 Å². The average Bonchev–Trinajstić information content (AvgIpc) is 2.80. The highest BCUT2D eigenvalue weighted by molar-refractivity contribution is 6.00. The number of hydrogen-bond acceptors (Lipinski definition) is 7. The molecule has 0 radical (unpaired) electrons. The van der Waals surface area contributed by atoms with Gasteiger partial charge in [0.05, 0.1) is 13.5 Å². The lowest BCUT2D eigenvalue weighted by Crippen LogP contribution is -2.58. The highest BCUT2D eigenvalue weighted by atomic mass is 16.6. The van der Waals surface area contributed by atoms with Crippen LogP contribution in [-0.2, 0) is 19.1 Å². The monoisotopic (exact) mass is 542 g/mol. The second kappa shape index (κ2) is 12.5. The van der Waals surface area contributed by atoms with Crippen LogP contribution in [0.2, 0.25) is 0 Å². The van der Waals surface area contributed by atoms with Gasteiger partial charge in [-0.2, -0.15) is 0 Å². The third-order valence-corrected chi connectivity index (χ3v) is 5.45. The number of benzene rings is 2. The highest BCUT2D eigenvalue weighted by Crippen LogP contribution is 2.35. The fourth-order valence-electron chi connectivity index (χ4n) is 3.87. The average molecular weight is 543 g/mol. The molecule has 212 valence electrons. The molecule has 0 saturated carbocycles. The van der Waals surface area contributed by atoms with E-state index in [9.17, 15) is 24.3 Å². The zero-order valence-corrected chi connectivity index (χ0v) is 23.4. The summed E-state index contributed by atoms with van der Waals surface area (Å²) in [6.07, 6.45) is -1.48. The number of anilines is 1. The van der Waals surface area contributed by atoms with Gasteiger partial charge in [0, 0.05) is 16.8 Å². The summed E-state index contributed by atoms with van der Waals surface area (Å²) < 4.78 is 10.4. The zero-order valence-electron chi connectivity index (χ0n) is 23.4. The van der Waals surface area contributed by atoms with Gasteiger partial charge in [-0.25, -0.2) is 4.79 Å². The van der Waals surface area contributed by atoms with Crippen LogP contribution < -0.4 is 21.1 Å². The Morgan fingerprint density at radius 2 is 1.56 bits per heavy atom. The maximum absolute atomic E-state index is 14.1. The lowest BCUT2D eigenvalue weighted by molar-refractivity contribution is -0.147. The van der Waals surface area contributed by atoms with Crippen LogP contribution in [-0.4, -0.2) is 58.1 Å². The molecular formula is C28H38N4O7. The van der Waals surface area contributed by atoms with Crippen molar-refractivity contribution in [2.45, 2.75) is 71.2 Å². The Bertz CT molecular complexity index is 1180. The molecule has 0 heterocycles. The van der Waals surface area contributed by atoms with Crippen LogP contribution >= 0.6 is 0 Å². The van der Waals surface area contributed by atoms with Gasteiger partial charge in [-0.1, -0.05) is 18.2 Å². The van der Waals surface area contributed by atoms with Crippen molar-refractivity contribution in [3.63, 3.8) is 0 Å². The van der Waals surface area contributed by atoms with Crippen LogP contribution in [0, 0.1) is 0 Å². The minimum absolute atomic E-state index is 0.141. The number of carbonyl (C=O) groups excluding carboxylic acids is 4. The van der Waals surface area contributed by atoms with Gasteiger partial charge in [0.25, 0.3) is 5.91 Å². The van der Waals surface area contributed by atoms with Gasteiger partial charge in [-0.15, -0.1) is 0 Å². The van der Waals surface area contributed by atoms with Gasteiger partial charge in [-0.3, -0.25) is 14.4 Å². The number of methoxy groups -OCH3 is 1. The van der Waals surface area contributed by atoms with E-state index >= 15 is 0 Å². The standard InChI is InChI=1S/C28H38N4O7/c1-27(2,3)32(25(36)20(16-22(29)34)31-26(37)39-28(4,5)6)23(19-10-8-9-11-21(19)33)24(35)30-17-12-14-18(38-7)15-13-17/h8-15,20,23,33H,16H2,1-7H3,(H2,29,34)(H,30,35)(H,31,37). The minimum Gasteiger partial charge on any atom is -0.508 e. The summed E-state index contributed by atoms with van der Waals surface area (Å²) in [7, 11) is 1.52. The first-order chi connectivity index (χ1) is 18.0. The number of phenolic OH excluding ortho intramolecular Hbond substituents is 1. The van der Waals surface area contributed by atoms with Gasteiger partial charge >= 0.3 is 6.09 Å². The number of phenols is 1. The third kappa shape index (κ3) is 8.91. The van der Waals surface area contributed by atoms with Crippen LogP contribution in [0.3, 0.4) is 0 Å². The lowest BCUT2D eigenvalue weighted by atomic mass is 9.94. The minimum atomic E-state index is -1.45. The summed E-state index contributed by atoms with van der Waals surface area (Å²) in [5, 5.41) is 15.9. The molecule has 2 unspecified atom stereocenters. The Balaban J connectivity index is 2.59. The number of alkyl carbamates (subject to hydrolysis) is 1. The number of ether oxygens (including phenoxy) is 2. The quantitative estimate of drug-likeness (QED) is 0.377. The van der Waals surface area contributed by atoms with Crippen LogP contribution in [0.15, 0.2) is 48.5 Å². The zero-order chi connectivity index (χ0) is 29.5. The Labute approximate surface area is 228 Å². The normalized spacial score (nSPS) is 13.0. The number of primary amides is 1. The molecule has 11 nitrogen and oxygen atoms in total. The van der Waals surface area contributed by atoms with Crippen molar-refractivity contribution in [1.29, 1.82) is 0 Å². The second-order valence-electron chi connectivity index (χ2n) is 10.9. The molecule has 0 aliphatic rings. The van der Waals surface area contributed by atoms with Crippen molar-refractivity contribution >= 4 is 29.5 Å². The molecule has 0 bridgehead atoms. The molecule has 0 saturated heterocycles. The summed E-state index contributed by atoms with van der Waals surface area (Å²) in [6, 6.07) is 9.88. The summed E-state index contributed by atoms with van der Waals surface area (Å²) >= 11 is 0. The smallest absolute Gasteiger partial charge is 0.408 e. The molecule has 0 spiro atoms. The topological polar surface area (TPSA) is 160 Å². The first kappa shape index (κ1) is 30.9. The first-order valence-electron chi connectivity index (χ1n) is 12.4. The van der Waals surface area contributed by atoms with E-state index in [0.29, 0.717) is 11.4 Å². The summed E-state index contributed by atoms with van der Waals surface area (Å²) in [5.74, 6) is -1.90. The van der Waals surface area contributed by atoms with E-state index in [1.54, 1.807) is 77.9 Å². The maximum atomic E-state index is 14.1. The van der Waals surface area contributed by atoms with E-state index in [1.807, 2.05) is 0 Å². The maximum Gasteiger partial charge on any atom is 0.408 e. The number of amides is 4. The number of rotatable bonds is 9. The fourth-order valence-corrected chi connectivity index (χ4v) is 3.87. The number of para-hydroxylation sites is 1. The lowest BCUT2D eigenvalue weighted by Gasteiger charge is -2.43. The van der Waals surface area contributed by atoms with Crippen LogP contribution in [0.4, 0.5) is 10.5 Å².